The summed E-state index contributed by atoms with van der Waals surface area (Å²) in [6.07, 6.45) is 2.91. The van der Waals surface area contributed by atoms with E-state index in [0.717, 1.165) is 32.8 Å². The minimum Gasteiger partial charge on any atom is -0.282 e. The molecule has 182 valence electrons. The summed E-state index contributed by atoms with van der Waals surface area (Å²) in [7, 11) is -3.71. The highest BCUT2D eigenvalue weighted by Gasteiger charge is 2.37. The number of amides is 1. The Balaban J connectivity index is 1.46. The first-order valence-electron chi connectivity index (χ1n) is 11.2. The summed E-state index contributed by atoms with van der Waals surface area (Å²) in [5.74, 6) is -0.623. The first-order valence-corrected chi connectivity index (χ1v) is 14.6. The van der Waals surface area contributed by atoms with E-state index in [9.17, 15) is 13.2 Å². The number of nitrogens with zero attached hydrogens (tertiary/aromatic N) is 4. The van der Waals surface area contributed by atoms with Gasteiger partial charge in [0.25, 0.3) is 10.0 Å². The van der Waals surface area contributed by atoms with Crippen molar-refractivity contribution >= 4 is 65.6 Å². The summed E-state index contributed by atoms with van der Waals surface area (Å²) < 4.78 is 29.4. The molecule has 4 aromatic rings. The number of thiophene rings is 1. The number of carbonyl (C=O) groups is 1. The lowest BCUT2D eigenvalue weighted by atomic mass is 9.98. The molecule has 1 unspecified atom stereocenters. The van der Waals surface area contributed by atoms with E-state index in [1.54, 1.807) is 17.2 Å². The maximum Gasteiger partial charge on any atom is 0.252 e. The van der Waals surface area contributed by atoms with E-state index in [1.807, 2.05) is 43.3 Å². The predicted octanol–water partition coefficient (Wildman–Crippen LogP) is 5.35. The number of anilines is 1. The van der Waals surface area contributed by atoms with Crippen LogP contribution in [0, 0.1) is 12.8 Å². The van der Waals surface area contributed by atoms with Crippen LogP contribution in [0.1, 0.15) is 24.1 Å². The Labute approximate surface area is 217 Å². The van der Waals surface area contributed by atoms with Crippen molar-refractivity contribution in [3.05, 3.63) is 70.3 Å². The summed E-state index contributed by atoms with van der Waals surface area (Å²) >= 11 is 8.47. The number of fused-ring (bicyclic) bond motifs is 1. The van der Waals surface area contributed by atoms with Gasteiger partial charge in [-0.05, 0) is 55.7 Å². The van der Waals surface area contributed by atoms with E-state index in [-0.39, 0.29) is 23.2 Å². The molecule has 0 aliphatic carbocycles. The molecule has 0 radical (unpaired) electrons. The first kappa shape index (κ1) is 24.3. The second kappa shape index (κ2) is 9.94. The highest BCUT2D eigenvalue weighted by Crippen LogP contribution is 2.35. The van der Waals surface area contributed by atoms with Gasteiger partial charge in [0.1, 0.15) is 4.21 Å². The third-order valence-corrected chi connectivity index (χ3v) is 10.6. The van der Waals surface area contributed by atoms with Crippen molar-refractivity contribution in [2.75, 3.05) is 18.0 Å². The average Bonchev–Trinajstić information content (AvgIpc) is 3.50. The van der Waals surface area contributed by atoms with Crippen LogP contribution < -0.4 is 4.90 Å². The number of rotatable bonds is 6. The van der Waals surface area contributed by atoms with Gasteiger partial charge in [0.15, 0.2) is 5.13 Å². The topological polar surface area (TPSA) is 83.5 Å². The van der Waals surface area contributed by atoms with Gasteiger partial charge in [0.2, 0.25) is 5.91 Å². The van der Waals surface area contributed by atoms with Gasteiger partial charge in [-0.3, -0.25) is 14.7 Å². The number of hydrogen-bond acceptors (Lipinski definition) is 7. The number of para-hydroxylation sites is 1. The molecule has 1 aliphatic rings. The van der Waals surface area contributed by atoms with Crippen molar-refractivity contribution in [3.8, 4) is 0 Å². The standard InChI is InChI=1S/C24H23ClN4O3S3/c1-16-6-4-9-19-22(16)27-24(33-19)29(15-18-8-2-3-12-26-18)23(30)17-7-5-13-28(14-17)35(31,32)21-11-10-20(25)34-21/h2-4,6,8-12,17H,5,7,13-15H2,1H3. The third-order valence-electron chi connectivity index (χ3n) is 6.03. The highest BCUT2D eigenvalue weighted by atomic mass is 35.5. The molecule has 0 bridgehead atoms. The fourth-order valence-corrected chi connectivity index (χ4v) is 8.44. The van der Waals surface area contributed by atoms with Crippen molar-refractivity contribution in [1.29, 1.82) is 0 Å². The number of carbonyl (C=O) groups excluding carboxylic acids is 1. The molecular formula is C24H23ClN4O3S3. The molecular weight excluding hydrogens is 524 g/mol. The van der Waals surface area contributed by atoms with Gasteiger partial charge in [-0.25, -0.2) is 13.4 Å². The highest BCUT2D eigenvalue weighted by molar-refractivity contribution is 7.91. The first-order chi connectivity index (χ1) is 16.8. The number of piperidine rings is 1. The van der Waals surface area contributed by atoms with Crippen molar-refractivity contribution in [2.45, 2.75) is 30.5 Å². The number of benzene rings is 1. The van der Waals surface area contributed by atoms with Crippen LogP contribution in [0.4, 0.5) is 5.13 Å². The third kappa shape index (κ3) is 4.99. The van der Waals surface area contributed by atoms with Crippen LogP contribution in [-0.2, 0) is 21.4 Å². The molecule has 1 atom stereocenters. The van der Waals surface area contributed by atoms with Crippen LogP contribution in [0.25, 0.3) is 10.2 Å². The van der Waals surface area contributed by atoms with Crippen molar-refractivity contribution in [1.82, 2.24) is 14.3 Å². The Kier molecular flexibility index (Phi) is 6.91. The Bertz CT molecular complexity index is 1470. The SMILES string of the molecule is Cc1cccc2sc(N(Cc3ccccn3)C(=O)C3CCCN(S(=O)(=O)c4ccc(Cl)s4)C3)nc12. The minimum absolute atomic E-state index is 0.124. The second-order valence-corrected chi connectivity index (χ2v) is 13.3. The maximum absolute atomic E-state index is 13.9. The lowest BCUT2D eigenvalue weighted by Crippen LogP contribution is -2.46. The van der Waals surface area contributed by atoms with Crippen molar-refractivity contribution in [3.63, 3.8) is 0 Å². The molecule has 3 aromatic heterocycles. The number of halogens is 1. The van der Waals surface area contributed by atoms with Gasteiger partial charge in [0, 0.05) is 19.3 Å². The van der Waals surface area contributed by atoms with Crippen LogP contribution >= 0.6 is 34.3 Å². The molecule has 1 amide bonds. The van der Waals surface area contributed by atoms with Gasteiger partial charge in [-0.1, -0.05) is 41.1 Å². The molecule has 35 heavy (non-hydrogen) atoms. The molecule has 1 saturated heterocycles. The molecule has 7 nitrogen and oxygen atoms in total. The normalized spacial score (nSPS) is 17.0. The van der Waals surface area contributed by atoms with Crippen LogP contribution in [-0.4, -0.2) is 41.7 Å². The molecule has 0 saturated carbocycles. The smallest absolute Gasteiger partial charge is 0.252 e. The molecule has 1 fully saturated rings. The van der Waals surface area contributed by atoms with Gasteiger partial charge in [-0.2, -0.15) is 4.31 Å². The fourth-order valence-electron chi connectivity index (χ4n) is 4.23. The average molecular weight is 547 g/mol. The molecule has 1 aliphatic heterocycles. The van der Waals surface area contributed by atoms with E-state index in [4.69, 9.17) is 16.6 Å². The Morgan fingerprint density at radius 2 is 2.03 bits per heavy atom. The number of sulfonamides is 1. The number of aryl methyl sites for hydroxylation is 1. The molecule has 4 heterocycles. The van der Waals surface area contributed by atoms with E-state index in [1.165, 1.54) is 21.7 Å². The zero-order valence-electron chi connectivity index (χ0n) is 18.9. The molecule has 0 N–H and O–H groups in total. The zero-order chi connectivity index (χ0) is 24.6. The lowest BCUT2D eigenvalue weighted by Gasteiger charge is -2.33. The van der Waals surface area contributed by atoms with Gasteiger partial charge >= 0.3 is 0 Å². The quantitative estimate of drug-likeness (QED) is 0.325. The Morgan fingerprint density at radius 3 is 2.74 bits per heavy atom. The summed E-state index contributed by atoms with van der Waals surface area (Å²) in [6.45, 7) is 2.77. The predicted molar refractivity (Wildman–Crippen MR) is 141 cm³/mol. The largest absolute Gasteiger partial charge is 0.282 e. The number of aromatic nitrogens is 2. The zero-order valence-corrected chi connectivity index (χ0v) is 22.1. The van der Waals surface area contributed by atoms with Crippen molar-refractivity contribution < 1.29 is 13.2 Å². The van der Waals surface area contributed by atoms with E-state index >= 15 is 0 Å². The summed E-state index contributed by atoms with van der Waals surface area (Å²) in [4.78, 5) is 24.8. The molecule has 1 aromatic carbocycles. The molecule has 11 heteroatoms. The molecule has 0 spiro atoms. The van der Waals surface area contributed by atoms with Crippen LogP contribution in [0.5, 0.6) is 0 Å². The van der Waals surface area contributed by atoms with E-state index < -0.39 is 15.9 Å². The summed E-state index contributed by atoms with van der Waals surface area (Å²) in [5, 5.41) is 0.593. The second-order valence-electron chi connectivity index (χ2n) is 8.42. The van der Waals surface area contributed by atoms with Gasteiger partial charge < -0.3 is 0 Å². The van der Waals surface area contributed by atoms with E-state index in [2.05, 4.69) is 4.98 Å². The Morgan fingerprint density at radius 1 is 1.17 bits per heavy atom. The number of pyridine rings is 1. The maximum atomic E-state index is 13.9. The van der Waals surface area contributed by atoms with Gasteiger partial charge in [0.05, 0.1) is 32.7 Å². The van der Waals surface area contributed by atoms with Crippen LogP contribution in [0.2, 0.25) is 4.34 Å². The fraction of sp³-hybridized carbons (Fsp3) is 0.292. The summed E-state index contributed by atoms with van der Waals surface area (Å²) in [6, 6.07) is 14.7. The summed E-state index contributed by atoms with van der Waals surface area (Å²) in [5.41, 5.74) is 2.65. The monoisotopic (exact) mass is 546 g/mol. The lowest BCUT2D eigenvalue weighted by molar-refractivity contribution is -0.123. The van der Waals surface area contributed by atoms with Crippen LogP contribution in [0.15, 0.2) is 58.9 Å². The van der Waals surface area contributed by atoms with Crippen LogP contribution in [0.3, 0.4) is 0 Å². The van der Waals surface area contributed by atoms with Crippen molar-refractivity contribution in [2.24, 2.45) is 5.92 Å². The number of thiazole rings is 1. The number of hydrogen-bond donors (Lipinski definition) is 0. The minimum atomic E-state index is -3.71. The van der Waals surface area contributed by atoms with Gasteiger partial charge in [-0.15, -0.1) is 11.3 Å². The van der Waals surface area contributed by atoms with E-state index in [0.29, 0.717) is 28.9 Å². The Hall–Kier alpha value is -2.37. The molecule has 5 rings (SSSR count).